The largest absolute Gasteiger partial charge is 0.373 e. The third-order valence-electron chi connectivity index (χ3n) is 4.30. The predicted octanol–water partition coefficient (Wildman–Crippen LogP) is 2.97. The topological polar surface area (TPSA) is 59.4 Å². The maximum atomic E-state index is 13.0. The lowest BCUT2D eigenvalue weighted by molar-refractivity contribution is -0.148. The number of carbonyl (C=O) groups is 1. The zero-order valence-electron chi connectivity index (χ0n) is 13.6. The van der Waals surface area contributed by atoms with Crippen LogP contribution in [0.15, 0.2) is 24.3 Å². The predicted molar refractivity (Wildman–Crippen MR) is 86.5 cm³/mol. The Labute approximate surface area is 136 Å². The van der Waals surface area contributed by atoms with Gasteiger partial charge in [-0.2, -0.15) is 5.26 Å². The van der Waals surface area contributed by atoms with Crippen molar-refractivity contribution < 1.29 is 9.18 Å². The van der Waals surface area contributed by atoms with Crippen LogP contribution < -0.4 is 5.32 Å². The van der Waals surface area contributed by atoms with Gasteiger partial charge in [-0.05, 0) is 43.0 Å². The number of hydrogen-bond acceptors (Lipinski definition) is 4. The van der Waals surface area contributed by atoms with Crippen LogP contribution in [0.3, 0.4) is 0 Å². The summed E-state index contributed by atoms with van der Waals surface area (Å²) >= 11 is 0. The second kappa shape index (κ2) is 7.82. The lowest BCUT2D eigenvalue weighted by Gasteiger charge is -2.38. The van der Waals surface area contributed by atoms with Gasteiger partial charge in [0.2, 0.25) is 0 Å². The van der Waals surface area contributed by atoms with Crippen LogP contribution >= 0.6 is 0 Å². The molecule has 0 saturated carbocycles. The summed E-state index contributed by atoms with van der Waals surface area (Å²) in [5.74, 6) is -0.325. The highest BCUT2D eigenvalue weighted by Gasteiger charge is 2.32. The Morgan fingerprint density at radius 1 is 1.35 bits per heavy atom. The highest BCUT2D eigenvalue weighted by molar-refractivity contribution is 5.85. The van der Waals surface area contributed by atoms with Crippen molar-refractivity contribution in [1.29, 1.82) is 5.26 Å². The van der Waals surface area contributed by atoms with E-state index in [0.717, 1.165) is 19.3 Å². The first-order valence-corrected chi connectivity index (χ1v) is 8.07. The molecule has 6 heteroatoms. The fourth-order valence-corrected chi connectivity index (χ4v) is 2.67. The van der Waals surface area contributed by atoms with Gasteiger partial charge < -0.3 is 5.32 Å². The molecule has 1 fully saturated rings. The molecule has 2 unspecified atom stereocenters. The molecule has 1 heterocycles. The van der Waals surface area contributed by atoms with E-state index in [-0.39, 0.29) is 17.6 Å². The summed E-state index contributed by atoms with van der Waals surface area (Å²) < 4.78 is 13.0. The number of rotatable bonds is 5. The molecule has 0 spiro atoms. The Morgan fingerprint density at radius 3 is 2.61 bits per heavy atom. The SMILES string of the molecule is CCC(C)C(Nc1ccc(F)cc1)C(=O)N1CCCCN1C#N. The van der Waals surface area contributed by atoms with Crippen molar-refractivity contribution in [1.82, 2.24) is 10.0 Å². The summed E-state index contributed by atoms with van der Waals surface area (Å²) in [6, 6.07) is 5.53. The average molecular weight is 318 g/mol. The zero-order valence-corrected chi connectivity index (χ0v) is 13.6. The van der Waals surface area contributed by atoms with E-state index < -0.39 is 6.04 Å². The van der Waals surface area contributed by atoms with E-state index >= 15 is 0 Å². The number of hydrazine groups is 1. The monoisotopic (exact) mass is 318 g/mol. The van der Waals surface area contributed by atoms with E-state index in [0.29, 0.717) is 18.8 Å². The molecule has 2 rings (SSSR count). The normalized spacial score (nSPS) is 17.3. The van der Waals surface area contributed by atoms with Gasteiger partial charge in [0.05, 0.1) is 6.54 Å². The van der Waals surface area contributed by atoms with Crippen LogP contribution in [-0.2, 0) is 4.79 Å². The molecule has 0 bridgehead atoms. The van der Waals surface area contributed by atoms with Crippen LogP contribution in [0, 0.1) is 23.2 Å². The van der Waals surface area contributed by atoms with E-state index in [2.05, 4.69) is 11.5 Å². The first-order chi connectivity index (χ1) is 11.1. The van der Waals surface area contributed by atoms with Crippen LogP contribution in [0.5, 0.6) is 0 Å². The van der Waals surface area contributed by atoms with Crippen LogP contribution in [-0.4, -0.2) is 35.1 Å². The van der Waals surface area contributed by atoms with Crippen molar-refractivity contribution >= 4 is 11.6 Å². The summed E-state index contributed by atoms with van der Waals surface area (Å²) in [6.07, 6.45) is 4.71. The fraction of sp³-hybridized carbons (Fsp3) is 0.529. The van der Waals surface area contributed by atoms with Crippen LogP contribution in [0.2, 0.25) is 0 Å². The van der Waals surface area contributed by atoms with Gasteiger partial charge >= 0.3 is 0 Å². The number of hydrogen-bond donors (Lipinski definition) is 1. The van der Waals surface area contributed by atoms with Crippen molar-refractivity contribution in [3.63, 3.8) is 0 Å². The van der Waals surface area contributed by atoms with E-state index in [1.165, 1.54) is 22.2 Å². The number of halogens is 1. The molecule has 1 aliphatic heterocycles. The molecule has 1 amide bonds. The molecule has 1 N–H and O–H groups in total. The molecule has 1 aromatic carbocycles. The molecule has 1 saturated heterocycles. The molecule has 5 nitrogen and oxygen atoms in total. The summed E-state index contributed by atoms with van der Waals surface area (Å²) in [4.78, 5) is 12.9. The van der Waals surface area contributed by atoms with Gasteiger partial charge in [-0.15, -0.1) is 0 Å². The molecule has 0 aromatic heterocycles. The van der Waals surface area contributed by atoms with Crippen molar-refractivity contribution in [3.8, 4) is 6.19 Å². The van der Waals surface area contributed by atoms with E-state index in [4.69, 9.17) is 0 Å². The lowest BCUT2D eigenvalue weighted by Crippen LogP contribution is -2.54. The van der Waals surface area contributed by atoms with Crippen LogP contribution in [0.1, 0.15) is 33.1 Å². The van der Waals surface area contributed by atoms with Crippen LogP contribution in [0.4, 0.5) is 10.1 Å². The highest BCUT2D eigenvalue weighted by Crippen LogP contribution is 2.20. The fourth-order valence-electron chi connectivity index (χ4n) is 2.67. The number of nitriles is 1. The van der Waals surface area contributed by atoms with Crippen LogP contribution in [0.25, 0.3) is 0 Å². The minimum absolute atomic E-state index is 0.0926. The second-order valence-corrected chi connectivity index (χ2v) is 5.91. The Morgan fingerprint density at radius 2 is 2.00 bits per heavy atom. The number of nitrogens with zero attached hydrogens (tertiary/aromatic N) is 3. The number of benzene rings is 1. The summed E-state index contributed by atoms with van der Waals surface area (Å²) in [5.41, 5.74) is 0.700. The Kier molecular flexibility index (Phi) is 5.80. The van der Waals surface area contributed by atoms with Gasteiger partial charge in [-0.1, -0.05) is 20.3 Å². The standard InChI is InChI=1S/C17H23FN4O/c1-3-13(2)16(20-15-8-6-14(18)7-9-15)17(23)22-11-5-4-10-21(22)12-19/h6-9,13,16,20H,3-5,10-11H2,1-2H3. The maximum Gasteiger partial charge on any atom is 0.264 e. The molecular formula is C17H23FN4O. The minimum Gasteiger partial charge on any atom is -0.373 e. The van der Waals surface area contributed by atoms with E-state index in [1.807, 2.05) is 13.8 Å². The highest BCUT2D eigenvalue weighted by atomic mass is 19.1. The number of carbonyl (C=O) groups excluding carboxylic acids is 1. The zero-order chi connectivity index (χ0) is 16.8. The third-order valence-corrected chi connectivity index (χ3v) is 4.30. The number of amides is 1. The smallest absolute Gasteiger partial charge is 0.264 e. The first-order valence-electron chi connectivity index (χ1n) is 8.07. The summed E-state index contributed by atoms with van der Waals surface area (Å²) in [5, 5.41) is 15.4. The van der Waals surface area contributed by atoms with Gasteiger partial charge in [0.25, 0.3) is 5.91 Å². The molecular weight excluding hydrogens is 295 g/mol. The van der Waals surface area contributed by atoms with Gasteiger partial charge in [-0.25, -0.2) is 14.4 Å². The Hall–Kier alpha value is -2.29. The Balaban J connectivity index is 2.18. The van der Waals surface area contributed by atoms with Crippen molar-refractivity contribution in [2.24, 2.45) is 5.92 Å². The second-order valence-electron chi connectivity index (χ2n) is 5.91. The van der Waals surface area contributed by atoms with E-state index in [1.54, 1.807) is 12.1 Å². The van der Waals surface area contributed by atoms with Gasteiger partial charge in [0.15, 0.2) is 6.19 Å². The molecule has 0 radical (unpaired) electrons. The third kappa shape index (κ3) is 4.13. The molecule has 2 atom stereocenters. The molecule has 124 valence electrons. The molecule has 0 aliphatic carbocycles. The number of anilines is 1. The maximum absolute atomic E-state index is 13.0. The molecule has 1 aromatic rings. The van der Waals surface area contributed by atoms with Gasteiger partial charge in [-0.3, -0.25) is 4.79 Å². The van der Waals surface area contributed by atoms with Gasteiger partial charge in [0.1, 0.15) is 11.9 Å². The average Bonchev–Trinajstić information content (AvgIpc) is 2.60. The van der Waals surface area contributed by atoms with Crippen molar-refractivity contribution in [2.45, 2.75) is 39.2 Å². The summed E-state index contributed by atoms with van der Waals surface area (Å²) in [6.45, 7) is 5.16. The molecule has 1 aliphatic rings. The number of nitrogens with one attached hydrogen (secondary N) is 1. The minimum atomic E-state index is -0.445. The first kappa shape index (κ1) is 17.1. The quantitative estimate of drug-likeness (QED) is 0.848. The Bertz CT molecular complexity index is 569. The van der Waals surface area contributed by atoms with Crippen molar-refractivity contribution in [2.75, 3.05) is 18.4 Å². The summed E-state index contributed by atoms with van der Waals surface area (Å²) in [7, 11) is 0. The van der Waals surface area contributed by atoms with Gasteiger partial charge in [0, 0.05) is 12.2 Å². The lowest BCUT2D eigenvalue weighted by atomic mass is 9.97. The van der Waals surface area contributed by atoms with E-state index in [9.17, 15) is 14.4 Å². The van der Waals surface area contributed by atoms with Crippen molar-refractivity contribution in [3.05, 3.63) is 30.1 Å². The molecule has 23 heavy (non-hydrogen) atoms.